The summed E-state index contributed by atoms with van der Waals surface area (Å²) in [5.74, 6) is 0.122. The van der Waals surface area contributed by atoms with E-state index in [1.807, 2.05) is 42.2 Å². The van der Waals surface area contributed by atoms with Gasteiger partial charge in [0.05, 0.1) is 19.8 Å². The molecule has 0 aromatic heterocycles. The number of carbonyl (C=O) groups is 2. The van der Waals surface area contributed by atoms with E-state index in [1.54, 1.807) is 19.2 Å². The Hall–Kier alpha value is -2.86. The fourth-order valence-electron chi connectivity index (χ4n) is 3.31. The van der Waals surface area contributed by atoms with Gasteiger partial charge >= 0.3 is 5.97 Å². The number of esters is 1. The molecule has 0 spiro atoms. The predicted octanol–water partition coefficient (Wildman–Crippen LogP) is 2.58. The molecular formula is C21H24N2O4. The molecule has 1 aliphatic rings. The van der Waals surface area contributed by atoms with Crippen LogP contribution in [0.15, 0.2) is 42.5 Å². The Kier molecular flexibility index (Phi) is 5.76. The van der Waals surface area contributed by atoms with Gasteiger partial charge in [-0.2, -0.15) is 0 Å². The molecule has 0 saturated carbocycles. The van der Waals surface area contributed by atoms with Gasteiger partial charge in [-0.25, -0.2) is 4.79 Å². The van der Waals surface area contributed by atoms with Crippen LogP contribution in [0.3, 0.4) is 0 Å². The van der Waals surface area contributed by atoms with Crippen LogP contribution in [0.2, 0.25) is 0 Å². The highest BCUT2D eigenvalue weighted by atomic mass is 16.5. The fourth-order valence-corrected chi connectivity index (χ4v) is 3.31. The Labute approximate surface area is 159 Å². The maximum Gasteiger partial charge on any atom is 0.338 e. The molecule has 0 unspecified atom stereocenters. The van der Waals surface area contributed by atoms with Crippen molar-refractivity contribution in [3.8, 4) is 16.9 Å². The van der Waals surface area contributed by atoms with Gasteiger partial charge in [0.1, 0.15) is 5.75 Å². The van der Waals surface area contributed by atoms with E-state index in [-0.39, 0.29) is 11.9 Å². The molecule has 1 saturated heterocycles. The molecule has 1 amide bonds. The van der Waals surface area contributed by atoms with Crippen molar-refractivity contribution >= 4 is 11.9 Å². The molecule has 1 N–H and O–H groups in total. The number of methoxy groups -OCH3 is 2. The summed E-state index contributed by atoms with van der Waals surface area (Å²) in [6.07, 6.45) is 0. The highest BCUT2D eigenvalue weighted by molar-refractivity contribution is 6.00. The van der Waals surface area contributed by atoms with Crippen molar-refractivity contribution in [1.29, 1.82) is 0 Å². The molecule has 0 aliphatic carbocycles. The molecule has 2 aromatic rings. The lowest BCUT2D eigenvalue weighted by atomic mass is 9.97. The van der Waals surface area contributed by atoms with Crippen molar-refractivity contribution in [3.05, 3.63) is 53.6 Å². The molecule has 0 radical (unpaired) electrons. The summed E-state index contributed by atoms with van der Waals surface area (Å²) < 4.78 is 10.1. The summed E-state index contributed by atoms with van der Waals surface area (Å²) >= 11 is 0. The van der Waals surface area contributed by atoms with E-state index in [1.165, 1.54) is 7.11 Å². The van der Waals surface area contributed by atoms with Gasteiger partial charge in [-0.15, -0.1) is 0 Å². The summed E-state index contributed by atoms with van der Waals surface area (Å²) in [5.41, 5.74) is 2.49. The van der Waals surface area contributed by atoms with Crippen LogP contribution in [0.4, 0.5) is 0 Å². The van der Waals surface area contributed by atoms with Gasteiger partial charge in [-0.1, -0.05) is 12.1 Å². The summed E-state index contributed by atoms with van der Waals surface area (Å²) in [4.78, 5) is 27.1. The van der Waals surface area contributed by atoms with E-state index in [0.29, 0.717) is 29.0 Å². The van der Waals surface area contributed by atoms with Crippen molar-refractivity contribution < 1.29 is 19.1 Å². The molecular weight excluding hydrogens is 344 g/mol. The number of ether oxygens (including phenoxy) is 2. The SMILES string of the molecule is COC(=O)c1cc(OC)ccc1-c1cccc(C(=O)N2CCNC[C@H]2C)c1. The third kappa shape index (κ3) is 3.95. The monoisotopic (exact) mass is 368 g/mol. The van der Waals surface area contributed by atoms with Gasteiger partial charge in [-0.05, 0) is 48.4 Å². The molecule has 1 fully saturated rings. The Balaban J connectivity index is 1.98. The largest absolute Gasteiger partial charge is 0.497 e. The average molecular weight is 368 g/mol. The minimum Gasteiger partial charge on any atom is -0.497 e. The maximum absolute atomic E-state index is 13.0. The molecule has 0 bridgehead atoms. The van der Waals surface area contributed by atoms with Crippen LogP contribution in [0.5, 0.6) is 5.75 Å². The number of carbonyl (C=O) groups excluding carboxylic acids is 2. The first kappa shape index (κ1) is 18.9. The number of piperazine rings is 1. The number of nitrogens with zero attached hydrogens (tertiary/aromatic N) is 1. The van der Waals surface area contributed by atoms with Crippen LogP contribution in [0.1, 0.15) is 27.6 Å². The number of hydrogen-bond donors (Lipinski definition) is 1. The molecule has 6 nitrogen and oxygen atoms in total. The van der Waals surface area contributed by atoms with Crippen molar-refractivity contribution in [1.82, 2.24) is 10.2 Å². The van der Waals surface area contributed by atoms with Crippen LogP contribution < -0.4 is 10.1 Å². The first-order valence-electron chi connectivity index (χ1n) is 8.93. The Morgan fingerprint density at radius 2 is 1.96 bits per heavy atom. The second-order valence-corrected chi connectivity index (χ2v) is 6.54. The zero-order valence-electron chi connectivity index (χ0n) is 15.8. The Morgan fingerprint density at radius 1 is 1.15 bits per heavy atom. The van der Waals surface area contributed by atoms with E-state index in [9.17, 15) is 9.59 Å². The van der Waals surface area contributed by atoms with E-state index < -0.39 is 5.97 Å². The molecule has 1 atom stereocenters. The minimum absolute atomic E-state index is 0.000945. The normalized spacial score (nSPS) is 16.7. The van der Waals surface area contributed by atoms with E-state index >= 15 is 0 Å². The third-order valence-corrected chi connectivity index (χ3v) is 4.81. The van der Waals surface area contributed by atoms with Crippen molar-refractivity contribution in [3.63, 3.8) is 0 Å². The lowest BCUT2D eigenvalue weighted by Crippen LogP contribution is -2.52. The van der Waals surface area contributed by atoms with Crippen molar-refractivity contribution in [2.75, 3.05) is 33.9 Å². The zero-order chi connectivity index (χ0) is 19.4. The molecule has 3 rings (SSSR count). The fraction of sp³-hybridized carbons (Fsp3) is 0.333. The van der Waals surface area contributed by atoms with Crippen LogP contribution in [0, 0.1) is 0 Å². The van der Waals surface area contributed by atoms with E-state index in [0.717, 1.165) is 18.7 Å². The lowest BCUT2D eigenvalue weighted by molar-refractivity contribution is 0.0600. The molecule has 1 aliphatic heterocycles. The number of amides is 1. The van der Waals surface area contributed by atoms with Gasteiger partial charge in [-0.3, -0.25) is 4.79 Å². The quantitative estimate of drug-likeness (QED) is 0.840. The van der Waals surface area contributed by atoms with Gasteiger partial charge in [0.2, 0.25) is 0 Å². The number of rotatable bonds is 4. The van der Waals surface area contributed by atoms with Gasteiger partial charge in [0.25, 0.3) is 5.91 Å². The maximum atomic E-state index is 13.0. The summed E-state index contributed by atoms with van der Waals surface area (Å²) in [7, 11) is 2.89. The second kappa shape index (κ2) is 8.22. The summed E-state index contributed by atoms with van der Waals surface area (Å²) in [5, 5.41) is 3.29. The smallest absolute Gasteiger partial charge is 0.338 e. The van der Waals surface area contributed by atoms with Gasteiger partial charge in [0, 0.05) is 31.2 Å². The predicted molar refractivity (Wildman–Crippen MR) is 103 cm³/mol. The average Bonchev–Trinajstić information content (AvgIpc) is 2.72. The molecule has 1 heterocycles. The topological polar surface area (TPSA) is 67.9 Å². The van der Waals surface area contributed by atoms with Gasteiger partial charge in [0.15, 0.2) is 0 Å². The Bertz CT molecular complexity index is 850. The lowest BCUT2D eigenvalue weighted by Gasteiger charge is -2.34. The third-order valence-electron chi connectivity index (χ3n) is 4.81. The highest BCUT2D eigenvalue weighted by Gasteiger charge is 2.24. The molecule has 6 heteroatoms. The van der Waals surface area contributed by atoms with Crippen molar-refractivity contribution in [2.24, 2.45) is 0 Å². The standard InChI is InChI=1S/C21H24N2O4/c1-14-13-22-9-10-23(14)20(24)16-6-4-5-15(11-16)18-8-7-17(26-2)12-19(18)21(25)27-3/h4-8,11-12,14,22H,9-10,13H2,1-3H3/t14-/m1/s1. The number of hydrogen-bond acceptors (Lipinski definition) is 5. The first-order chi connectivity index (χ1) is 13.0. The van der Waals surface area contributed by atoms with Gasteiger partial charge < -0.3 is 19.7 Å². The van der Waals surface area contributed by atoms with Crippen LogP contribution in [-0.4, -0.2) is 56.7 Å². The highest BCUT2D eigenvalue weighted by Crippen LogP contribution is 2.29. The van der Waals surface area contributed by atoms with E-state index in [4.69, 9.17) is 9.47 Å². The molecule has 142 valence electrons. The number of nitrogens with one attached hydrogen (secondary N) is 1. The van der Waals surface area contributed by atoms with Crippen LogP contribution in [-0.2, 0) is 4.74 Å². The van der Waals surface area contributed by atoms with Crippen LogP contribution >= 0.6 is 0 Å². The Morgan fingerprint density at radius 3 is 2.67 bits per heavy atom. The zero-order valence-corrected chi connectivity index (χ0v) is 15.8. The molecule has 27 heavy (non-hydrogen) atoms. The summed E-state index contributed by atoms with van der Waals surface area (Å²) in [6, 6.07) is 12.7. The second-order valence-electron chi connectivity index (χ2n) is 6.54. The summed E-state index contributed by atoms with van der Waals surface area (Å²) in [6.45, 7) is 4.30. The molecule has 2 aromatic carbocycles. The van der Waals surface area contributed by atoms with E-state index in [2.05, 4.69) is 5.32 Å². The van der Waals surface area contributed by atoms with Crippen molar-refractivity contribution in [2.45, 2.75) is 13.0 Å². The minimum atomic E-state index is -0.448. The number of benzene rings is 2. The first-order valence-corrected chi connectivity index (χ1v) is 8.93. The van der Waals surface area contributed by atoms with Crippen LogP contribution in [0.25, 0.3) is 11.1 Å².